The molecular formula is C14H20ClNO3S. The van der Waals surface area contributed by atoms with E-state index in [4.69, 9.17) is 11.6 Å². The van der Waals surface area contributed by atoms with Crippen molar-refractivity contribution in [3.63, 3.8) is 0 Å². The van der Waals surface area contributed by atoms with Gasteiger partial charge in [-0.2, -0.15) is 0 Å². The van der Waals surface area contributed by atoms with E-state index in [0.29, 0.717) is 12.5 Å². The number of amides is 1. The van der Waals surface area contributed by atoms with Crippen molar-refractivity contribution < 1.29 is 13.2 Å². The highest BCUT2D eigenvalue weighted by molar-refractivity contribution is 7.90. The molecule has 4 nitrogen and oxygen atoms in total. The van der Waals surface area contributed by atoms with Crippen LogP contribution < -0.4 is 5.32 Å². The second-order valence-corrected chi connectivity index (χ2v) is 7.63. The Morgan fingerprint density at radius 1 is 1.35 bits per heavy atom. The van der Waals surface area contributed by atoms with E-state index in [-0.39, 0.29) is 21.4 Å². The summed E-state index contributed by atoms with van der Waals surface area (Å²) in [4.78, 5) is 12.1. The van der Waals surface area contributed by atoms with E-state index in [1.807, 2.05) is 0 Å². The largest absolute Gasteiger partial charge is 0.352 e. The Morgan fingerprint density at radius 2 is 2.00 bits per heavy atom. The van der Waals surface area contributed by atoms with Crippen LogP contribution in [0.1, 0.15) is 37.0 Å². The van der Waals surface area contributed by atoms with Gasteiger partial charge in [-0.3, -0.25) is 4.79 Å². The number of rotatable bonds is 6. The van der Waals surface area contributed by atoms with Crippen LogP contribution in [-0.4, -0.2) is 27.1 Å². The Balaban J connectivity index is 2.77. The topological polar surface area (TPSA) is 63.2 Å². The molecule has 1 N–H and O–H groups in total. The lowest BCUT2D eigenvalue weighted by Crippen LogP contribution is -2.25. The van der Waals surface area contributed by atoms with Crippen molar-refractivity contribution in [1.82, 2.24) is 5.32 Å². The number of carbonyl (C=O) groups excluding carboxylic acids is 1. The summed E-state index contributed by atoms with van der Waals surface area (Å²) in [7, 11) is -3.35. The highest BCUT2D eigenvalue weighted by atomic mass is 35.5. The molecule has 0 aromatic heterocycles. The van der Waals surface area contributed by atoms with Gasteiger partial charge in [0.15, 0.2) is 9.84 Å². The van der Waals surface area contributed by atoms with Gasteiger partial charge in [-0.05, 0) is 37.0 Å². The average Bonchev–Trinajstić information content (AvgIpc) is 2.33. The molecule has 20 heavy (non-hydrogen) atoms. The summed E-state index contributed by atoms with van der Waals surface area (Å²) >= 11 is 5.95. The van der Waals surface area contributed by atoms with Crippen molar-refractivity contribution in [1.29, 1.82) is 0 Å². The standard InChI is InChI=1S/C14H20ClNO3S/c1-10(2)5-4-8-16-14(17)12-9-11(20(3,18)19)6-7-13(12)15/h6-7,9-10H,4-5,8H2,1-3H3,(H,16,17). The fourth-order valence-electron chi connectivity index (χ4n) is 1.72. The SMILES string of the molecule is CC(C)CCCNC(=O)c1cc(S(C)(=O)=O)ccc1Cl. The zero-order valence-corrected chi connectivity index (χ0v) is 13.5. The first-order valence-corrected chi connectivity index (χ1v) is 8.76. The molecule has 6 heteroatoms. The van der Waals surface area contributed by atoms with E-state index in [9.17, 15) is 13.2 Å². The van der Waals surface area contributed by atoms with Gasteiger partial charge in [0.1, 0.15) is 0 Å². The summed E-state index contributed by atoms with van der Waals surface area (Å²) < 4.78 is 23.0. The number of nitrogens with one attached hydrogen (secondary N) is 1. The van der Waals surface area contributed by atoms with Crippen LogP contribution >= 0.6 is 11.6 Å². The highest BCUT2D eigenvalue weighted by Gasteiger charge is 2.15. The molecular weight excluding hydrogens is 298 g/mol. The third kappa shape index (κ3) is 5.13. The zero-order valence-electron chi connectivity index (χ0n) is 11.9. The summed E-state index contributed by atoms with van der Waals surface area (Å²) in [6.07, 6.45) is 3.00. The normalized spacial score (nSPS) is 11.7. The minimum atomic E-state index is -3.35. The van der Waals surface area contributed by atoms with Gasteiger partial charge in [-0.25, -0.2) is 8.42 Å². The predicted octanol–water partition coefficient (Wildman–Crippen LogP) is 2.91. The summed E-state index contributed by atoms with van der Waals surface area (Å²) in [5.74, 6) is 0.244. The third-order valence-electron chi connectivity index (χ3n) is 2.85. The van der Waals surface area contributed by atoms with Crippen LogP contribution in [0.2, 0.25) is 5.02 Å². The van der Waals surface area contributed by atoms with E-state index >= 15 is 0 Å². The molecule has 1 aromatic carbocycles. The summed E-state index contributed by atoms with van der Waals surface area (Å²) in [6.45, 7) is 4.79. The van der Waals surface area contributed by atoms with Crippen molar-refractivity contribution in [3.05, 3.63) is 28.8 Å². The van der Waals surface area contributed by atoms with Gasteiger partial charge in [0, 0.05) is 12.8 Å². The van der Waals surface area contributed by atoms with Crippen molar-refractivity contribution in [3.8, 4) is 0 Å². The minimum absolute atomic E-state index is 0.0919. The fraction of sp³-hybridized carbons (Fsp3) is 0.500. The molecule has 0 aliphatic carbocycles. The van der Waals surface area contributed by atoms with Gasteiger partial charge in [0.2, 0.25) is 0 Å². The lowest BCUT2D eigenvalue weighted by Gasteiger charge is -2.09. The van der Waals surface area contributed by atoms with Gasteiger partial charge in [-0.15, -0.1) is 0 Å². The molecule has 0 aliphatic heterocycles. The summed E-state index contributed by atoms with van der Waals surface area (Å²) in [6, 6.07) is 4.14. The molecule has 0 heterocycles. The van der Waals surface area contributed by atoms with Crippen LogP contribution in [0.3, 0.4) is 0 Å². The van der Waals surface area contributed by atoms with Crippen molar-refractivity contribution >= 4 is 27.3 Å². The Labute approximate surface area is 125 Å². The van der Waals surface area contributed by atoms with Gasteiger partial charge >= 0.3 is 0 Å². The Hall–Kier alpha value is -1.07. The van der Waals surface area contributed by atoms with Crippen LogP contribution in [0.4, 0.5) is 0 Å². The lowest BCUT2D eigenvalue weighted by atomic mass is 10.1. The Morgan fingerprint density at radius 3 is 2.55 bits per heavy atom. The molecule has 0 fully saturated rings. The number of hydrogen-bond acceptors (Lipinski definition) is 3. The smallest absolute Gasteiger partial charge is 0.252 e. The maximum absolute atomic E-state index is 12.0. The second-order valence-electron chi connectivity index (χ2n) is 5.21. The molecule has 0 aliphatic rings. The molecule has 0 radical (unpaired) electrons. The maximum Gasteiger partial charge on any atom is 0.252 e. The first-order valence-electron chi connectivity index (χ1n) is 6.49. The number of carbonyl (C=O) groups is 1. The van der Waals surface area contributed by atoms with Crippen LogP contribution in [0, 0.1) is 5.92 Å². The van der Waals surface area contributed by atoms with Crippen LogP contribution in [0.15, 0.2) is 23.1 Å². The number of hydrogen-bond donors (Lipinski definition) is 1. The second kappa shape index (κ2) is 7.09. The van der Waals surface area contributed by atoms with Crippen LogP contribution in [0.25, 0.3) is 0 Å². The minimum Gasteiger partial charge on any atom is -0.352 e. The molecule has 0 saturated heterocycles. The van der Waals surface area contributed by atoms with E-state index in [1.165, 1.54) is 18.2 Å². The molecule has 1 amide bonds. The lowest BCUT2D eigenvalue weighted by molar-refractivity contribution is 0.0952. The van der Waals surface area contributed by atoms with E-state index in [0.717, 1.165) is 19.1 Å². The quantitative estimate of drug-likeness (QED) is 0.820. The summed E-state index contributed by atoms with van der Waals surface area (Å²) in [5, 5.41) is 3.00. The Bertz CT molecular complexity index is 582. The highest BCUT2D eigenvalue weighted by Crippen LogP contribution is 2.20. The van der Waals surface area contributed by atoms with Gasteiger partial charge < -0.3 is 5.32 Å². The predicted molar refractivity (Wildman–Crippen MR) is 81.0 cm³/mol. The number of benzene rings is 1. The van der Waals surface area contributed by atoms with E-state index < -0.39 is 9.84 Å². The van der Waals surface area contributed by atoms with Crippen LogP contribution in [0.5, 0.6) is 0 Å². The number of sulfone groups is 1. The maximum atomic E-state index is 12.0. The van der Waals surface area contributed by atoms with Crippen LogP contribution in [-0.2, 0) is 9.84 Å². The molecule has 112 valence electrons. The number of halogens is 1. The van der Waals surface area contributed by atoms with Crippen molar-refractivity contribution in [2.45, 2.75) is 31.6 Å². The first-order chi connectivity index (χ1) is 9.21. The van der Waals surface area contributed by atoms with E-state index in [1.54, 1.807) is 0 Å². The molecule has 1 rings (SSSR count). The van der Waals surface area contributed by atoms with Gasteiger partial charge in [0.25, 0.3) is 5.91 Å². The fourth-order valence-corrected chi connectivity index (χ4v) is 2.57. The molecule has 0 atom stereocenters. The average molecular weight is 318 g/mol. The molecule has 0 spiro atoms. The molecule has 0 bridgehead atoms. The van der Waals surface area contributed by atoms with Gasteiger partial charge in [0.05, 0.1) is 15.5 Å². The molecule has 0 saturated carbocycles. The van der Waals surface area contributed by atoms with Gasteiger partial charge in [-0.1, -0.05) is 25.4 Å². The van der Waals surface area contributed by atoms with Crippen molar-refractivity contribution in [2.24, 2.45) is 5.92 Å². The first kappa shape index (κ1) is 17.0. The Kier molecular flexibility index (Phi) is 6.02. The molecule has 0 unspecified atom stereocenters. The van der Waals surface area contributed by atoms with E-state index in [2.05, 4.69) is 19.2 Å². The zero-order chi connectivity index (χ0) is 15.3. The molecule has 1 aromatic rings. The monoisotopic (exact) mass is 317 g/mol. The van der Waals surface area contributed by atoms with Crippen molar-refractivity contribution in [2.75, 3.05) is 12.8 Å². The third-order valence-corrected chi connectivity index (χ3v) is 4.29. The summed E-state index contributed by atoms with van der Waals surface area (Å²) in [5.41, 5.74) is 0.194.